The quantitative estimate of drug-likeness (QED) is 0.570. The normalized spacial score (nSPS) is 21.6. The fraction of sp³-hybridized carbons (Fsp3) is 0.550. The highest BCUT2D eigenvalue weighted by Crippen LogP contribution is 2.30. The van der Waals surface area contributed by atoms with Gasteiger partial charge in [-0.25, -0.2) is 9.59 Å². The summed E-state index contributed by atoms with van der Waals surface area (Å²) in [5, 5.41) is 16.9. The van der Waals surface area contributed by atoms with Gasteiger partial charge in [-0.3, -0.25) is 4.79 Å². The molecule has 0 heterocycles. The zero-order chi connectivity index (χ0) is 20.5. The highest BCUT2D eigenvalue weighted by molar-refractivity contribution is 5.82. The lowest BCUT2D eigenvalue weighted by Gasteiger charge is -2.38. The molecule has 2 rings (SSSR count). The minimum Gasteiger partial charge on any atom is -0.465 e. The number of carbonyl (C=O) groups is 3. The average Bonchev–Trinajstić information content (AvgIpc) is 2.66. The predicted molar refractivity (Wildman–Crippen MR) is 104 cm³/mol. The molecule has 1 fully saturated rings. The number of hydrogen-bond donors (Lipinski definition) is 4. The van der Waals surface area contributed by atoms with Crippen molar-refractivity contribution in [3.05, 3.63) is 35.9 Å². The lowest BCUT2D eigenvalue weighted by Crippen LogP contribution is -2.51. The van der Waals surface area contributed by atoms with Gasteiger partial charge in [0.15, 0.2) is 0 Å². The first-order valence-electron chi connectivity index (χ1n) is 9.58. The van der Waals surface area contributed by atoms with Crippen LogP contribution in [-0.4, -0.2) is 41.8 Å². The number of benzene rings is 1. The van der Waals surface area contributed by atoms with Gasteiger partial charge in [0, 0.05) is 12.1 Å². The van der Waals surface area contributed by atoms with Crippen molar-refractivity contribution in [2.24, 2.45) is 11.8 Å². The third-order valence-electron chi connectivity index (χ3n) is 5.04. The van der Waals surface area contributed by atoms with Gasteiger partial charge in [0.2, 0.25) is 5.91 Å². The van der Waals surface area contributed by atoms with E-state index in [-0.39, 0.29) is 37.1 Å². The van der Waals surface area contributed by atoms with Gasteiger partial charge in [-0.2, -0.15) is 0 Å². The number of alkyl carbamates (subject to hydrolysis) is 1. The van der Waals surface area contributed by atoms with Gasteiger partial charge in [-0.1, -0.05) is 44.2 Å². The zero-order valence-corrected chi connectivity index (χ0v) is 16.3. The van der Waals surface area contributed by atoms with Gasteiger partial charge in [-0.05, 0) is 36.7 Å². The molecule has 1 aromatic rings. The van der Waals surface area contributed by atoms with Crippen LogP contribution in [0.25, 0.3) is 0 Å². The van der Waals surface area contributed by atoms with Crippen LogP contribution >= 0.6 is 0 Å². The minimum absolute atomic E-state index is 0.0403. The molecule has 1 aromatic carbocycles. The fourth-order valence-corrected chi connectivity index (χ4v) is 3.61. The minimum atomic E-state index is -1.02. The molecule has 0 spiro atoms. The summed E-state index contributed by atoms with van der Waals surface area (Å²) < 4.78 is 5.08. The van der Waals surface area contributed by atoms with E-state index in [0.29, 0.717) is 25.2 Å². The summed E-state index contributed by atoms with van der Waals surface area (Å²) in [5.74, 6) is 0.184. The first-order valence-corrected chi connectivity index (χ1v) is 9.58. The number of hydrogen-bond acceptors (Lipinski definition) is 4. The molecule has 1 aliphatic rings. The van der Waals surface area contributed by atoms with E-state index in [1.807, 2.05) is 30.3 Å². The molecule has 0 saturated heterocycles. The number of rotatable bonds is 7. The Hall–Kier alpha value is -2.77. The van der Waals surface area contributed by atoms with E-state index in [0.717, 1.165) is 5.56 Å². The smallest absolute Gasteiger partial charge is 0.407 e. The number of amides is 3. The fourth-order valence-electron chi connectivity index (χ4n) is 3.61. The standard InChI is InChI=1S/C20H29N3O5/c1-13(2)16-10-15(22-19(25)26)8-9-17(16)23-18(24)11-21-20(27)28-12-14-6-4-3-5-7-14/h3-7,13,15-17,22H,8-12H2,1-2H3,(H,21,27)(H,23,24)(H,25,26)/t15?,16-,17-/m0/s1. The Kier molecular flexibility index (Phi) is 8.10. The number of ether oxygens (including phenoxy) is 1. The van der Waals surface area contributed by atoms with Crippen LogP contribution in [0.3, 0.4) is 0 Å². The molecule has 8 nitrogen and oxygen atoms in total. The van der Waals surface area contributed by atoms with Crippen LogP contribution in [-0.2, 0) is 16.1 Å². The van der Waals surface area contributed by atoms with E-state index in [9.17, 15) is 14.4 Å². The van der Waals surface area contributed by atoms with Crippen molar-refractivity contribution in [1.82, 2.24) is 16.0 Å². The molecular weight excluding hydrogens is 362 g/mol. The van der Waals surface area contributed by atoms with Crippen LogP contribution in [0.5, 0.6) is 0 Å². The summed E-state index contributed by atoms with van der Waals surface area (Å²) in [6, 6.07) is 9.16. The van der Waals surface area contributed by atoms with Crippen LogP contribution in [0.15, 0.2) is 30.3 Å². The number of nitrogens with one attached hydrogen (secondary N) is 3. The summed E-state index contributed by atoms with van der Waals surface area (Å²) in [4.78, 5) is 34.8. The molecule has 3 amide bonds. The second-order valence-corrected chi connectivity index (χ2v) is 7.46. The molecule has 4 N–H and O–H groups in total. The summed E-state index contributed by atoms with van der Waals surface area (Å²) in [7, 11) is 0. The van der Waals surface area contributed by atoms with Crippen molar-refractivity contribution in [1.29, 1.82) is 0 Å². The lowest BCUT2D eigenvalue weighted by molar-refractivity contribution is -0.121. The monoisotopic (exact) mass is 391 g/mol. The van der Waals surface area contributed by atoms with Crippen molar-refractivity contribution in [3.63, 3.8) is 0 Å². The van der Waals surface area contributed by atoms with E-state index in [1.54, 1.807) is 0 Å². The molecule has 0 aromatic heterocycles. The molecule has 1 saturated carbocycles. The van der Waals surface area contributed by atoms with Gasteiger partial charge >= 0.3 is 12.2 Å². The van der Waals surface area contributed by atoms with Crippen molar-refractivity contribution < 1.29 is 24.2 Å². The number of carboxylic acid groups (broad SMARTS) is 1. The first-order chi connectivity index (χ1) is 13.3. The molecule has 8 heteroatoms. The Morgan fingerprint density at radius 2 is 1.86 bits per heavy atom. The maximum atomic E-state index is 12.2. The molecular formula is C20H29N3O5. The average molecular weight is 391 g/mol. The van der Waals surface area contributed by atoms with E-state index in [1.165, 1.54) is 0 Å². The van der Waals surface area contributed by atoms with Crippen molar-refractivity contribution in [2.45, 2.75) is 51.8 Å². The Morgan fingerprint density at radius 1 is 1.14 bits per heavy atom. The summed E-state index contributed by atoms with van der Waals surface area (Å²) in [5.41, 5.74) is 0.869. The summed E-state index contributed by atoms with van der Waals surface area (Å²) >= 11 is 0. The highest BCUT2D eigenvalue weighted by Gasteiger charge is 2.33. The van der Waals surface area contributed by atoms with Crippen LogP contribution in [0.4, 0.5) is 9.59 Å². The largest absolute Gasteiger partial charge is 0.465 e. The topological polar surface area (TPSA) is 117 Å². The van der Waals surface area contributed by atoms with Gasteiger partial charge in [-0.15, -0.1) is 0 Å². The maximum absolute atomic E-state index is 12.2. The zero-order valence-electron chi connectivity index (χ0n) is 16.3. The number of carbonyl (C=O) groups excluding carboxylic acids is 2. The van der Waals surface area contributed by atoms with Crippen molar-refractivity contribution >= 4 is 18.1 Å². The molecule has 154 valence electrons. The highest BCUT2D eigenvalue weighted by atomic mass is 16.5. The molecule has 1 aliphatic carbocycles. The van der Waals surface area contributed by atoms with Gasteiger partial charge in [0.25, 0.3) is 0 Å². The van der Waals surface area contributed by atoms with Crippen molar-refractivity contribution in [2.75, 3.05) is 6.54 Å². The third-order valence-corrected chi connectivity index (χ3v) is 5.04. The molecule has 0 radical (unpaired) electrons. The van der Waals surface area contributed by atoms with Crippen molar-refractivity contribution in [3.8, 4) is 0 Å². The maximum Gasteiger partial charge on any atom is 0.407 e. The molecule has 28 heavy (non-hydrogen) atoms. The van der Waals surface area contributed by atoms with Gasteiger partial charge < -0.3 is 25.8 Å². The van der Waals surface area contributed by atoms with Gasteiger partial charge in [0.05, 0.1) is 0 Å². The Bertz CT molecular complexity index is 665. The Balaban J connectivity index is 1.75. The van der Waals surface area contributed by atoms with E-state index >= 15 is 0 Å². The SMILES string of the molecule is CC(C)[C@@H]1CC(NC(=O)O)CC[C@@H]1NC(=O)CNC(=O)OCc1ccccc1. The third kappa shape index (κ3) is 7.09. The van der Waals surface area contributed by atoms with E-state index in [2.05, 4.69) is 29.8 Å². The Morgan fingerprint density at radius 3 is 2.50 bits per heavy atom. The predicted octanol–water partition coefficient (Wildman–Crippen LogP) is 2.49. The second-order valence-electron chi connectivity index (χ2n) is 7.46. The summed E-state index contributed by atoms with van der Waals surface area (Å²) in [6.07, 6.45) is 0.383. The van der Waals surface area contributed by atoms with E-state index < -0.39 is 12.2 Å². The van der Waals surface area contributed by atoms with Crippen LogP contribution in [0, 0.1) is 11.8 Å². The lowest BCUT2D eigenvalue weighted by atomic mass is 9.75. The summed E-state index contributed by atoms with van der Waals surface area (Å²) in [6.45, 7) is 4.11. The molecule has 0 bridgehead atoms. The molecule has 1 unspecified atom stereocenters. The molecule has 3 atom stereocenters. The second kappa shape index (κ2) is 10.5. The van der Waals surface area contributed by atoms with Crippen LogP contribution in [0.1, 0.15) is 38.7 Å². The first kappa shape index (κ1) is 21.5. The van der Waals surface area contributed by atoms with Crippen LogP contribution in [0.2, 0.25) is 0 Å². The molecule has 0 aliphatic heterocycles. The Labute approximate surface area is 165 Å². The van der Waals surface area contributed by atoms with Crippen LogP contribution < -0.4 is 16.0 Å². The van der Waals surface area contributed by atoms with E-state index in [4.69, 9.17) is 9.84 Å². The van der Waals surface area contributed by atoms with Gasteiger partial charge in [0.1, 0.15) is 13.2 Å².